The van der Waals surface area contributed by atoms with Crippen molar-refractivity contribution in [3.8, 4) is 0 Å². The van der Waals surface area contributed by atoms with E-state index in [4.69, 9.17) is 11.6 Å². The van der Waals surface area contributed by atoms with E-state index in [1.165, 1.54) is 17.1 Å². The van der Waals surface area contributed by atoms with Gasteiger partial charge in [-0.1, -0.05) is 0 Å². The Morgan fingerprint density at radius 2 is 2.42 bits per heavy atom. The molecule has 10 nitrogen and oxygen atoms in total. The minimum atomic E-state index is -0.676. The molecule has 0 aromatic carbocycles. The van der Waals surface area contributed by atoms with Crippen LogP contribution in [0.1, 0.15) is 0 Å². The van der Waals surface area contributed by atoms with E-state index in [9.17, 15) is 19.8 Å². The first kappa shape index (κ1) is 14.8. The molecule has 1 N–H and O–H groups in total. The van der Waals surface area contributed by atoms with E-state index in [0.717, 1.165) is 0 Å². The number of aromatic nitrogens is 2. The van der Waals surface area contributed by atoms with Crippen molar-refractivity contribution in [3.63, 3.8) is 0 Å². The molecule has 1 heterocycles. The molecular formula is C8H11ClN6O4. The summed E-state index contributed by atoms with van der Waals surface area (Å²) in [7, 11) is 0. The van der Waals surface area contributed by atoms with Gasteiger partial charge in [0.1, 0.15) is 6.20 Å². The maximum Gasteiger partial charge on any atom is 0.381 e. The first-order chi connectivity index (χ1) is 9.08. The highest BCUT2D eigenvalue weighted by atomic mass is 35.5. The van der Waals surface area contributed by atoms with Crippen molar-refractivity contribution in [2.45, 2.75) is 6.54 Å². The maximum absolute atomic E-state index is 11.4. The van der Waals surface area contributed by atoms with Crippen LogP contribution in [0.5, 0.6) is 0 Å². The van der Waals surface area contributed by atoms with Gasteiger partial charge in [-0.25, -0.2) is 4.79 Å². The zero-order valence-corrected chi connectivity index (χ0v) is 10.5. The van der Waals surface area contributed by atoms with Gasteiger partial charge in [0, 0.05) is 19.0 Å². The van der Waals surface area contributed by atoms with Crippen LogP contribution in [-0.2, 0) is 6.54 Å². The first-order valence-electron chi connectivity index (χ1n) is 5.19. The molecule has 0 unspecified atom stereocenters. The Morgan fingerprint density at radius 3 is 2.95 bits per heavy atom. The summed E-state index contributed by atoms with van der Waals surface area (Å²) in [6.45, 7) is 0.453. The molecule has 0 bridgehead atoms. The highest BCUT2D eigenvalue weighted by Gasteiger charge is 2.13. The molecule has 0 aliphatic rings. The van der Waals surface area contributed by atoms with Gasteiger partial charge >= 0.3 is 11.8 Å². The molecule has 0 saturated heterocycles. The second-order valence-corrected chi connectivity index (χ2v) is 3.73. The quantitative estimate of drug-likeness (QED) is 0.343. The average Bonchev–Trinajstić information content (AvgIpc) is 2.84. The van der Waals surface area contributed by atoms with Crippen LogP contribution in [0.3, 0.4) is 0 Å². The lowest BCUT2D eigenvalue weighted by Crippen LogP contribution is -2.38. The Hall–Kier alpha value is -2.23. The third-order valence-electron chi connectivity index (χ3n) is 2.08. The van der Waals surface area contributed by atoms with Gasteiger partial charge in [0.15, 0.2) is 0 Å². The second-order valence-electron chi connectivity index (χ2n) is 3.35. The highest BCUT2D eigenvalue weighted by Crippen LogP contribution is 2.04. The predicted octanol–water partition coefficient (Wildman–Crippen LogP) is 0.723. The number of nitrogens with one attached hydrogen (secondary N) is 1. The third kappa shape index (κ3) is 4.50. The number of nitro groups is 1. The van der Waals surface area contributed by atoms with Gasteiger partial charge in [-0.3, -0.25) is 0 Å². The standard InChI is InChI=1S/C8H11ClN6O4/c9-1-3-14(12-17)8(16)10-2-4-13-5-7(11-6-13)15(18)19/h5-6H,1-4H2,(H,10,16). The van der Waals surface area contributed by atoms with Crippen molar-refractivity contribution in [1.82, 2.24) is 19.9 Å². The molecule has 0 atom stereocenters. The molecule has 2 amide bonds. The molecule has 0 spiro atoms. The molecule has 1 rings (SSSR count). The number of hydrogen-bond donors (Lipinski definition) is 1. The number of nitroso groups, excluding NO2 is 1. The number of rotatable bonds is 7. The van der Waals surface area contributed by atoms with Crippen molar-refractivity contribution in [2.75, 3.05) is 19.0 Å². The van der Waals surface area contributed by atoms with Gasteiger partial charge in [-0.15, -0.1) is 16.5 Å². The minimum absolute atomic E-state index is 0.00738. The number of nitrogens with zero attached hydrogens (tertiary/aromatic N) is 5. The Balaban J connectivity index is 2.38. The zero-order chi connectivity index (χ0) is 14.3. The van der Waals surface area contributed by atoms with Gasteiger partial charge in [0.2, 0.25) is 6.33 Å². The van der Waals surface area contributed by atoms with Crippen molar-refractivity contribution < 1.29 is 9.72 Å². The number of halogens is 1. The lowest BCUT2D eigenvalue weighted by Gasteiger charge is -2.12. The number of imidazole rings is 1. The number of carbonyl (C=O) groups is 1. The van der Waals surface area contributed by atoms with Crippen LogP contribution < -0.4 is 5.32 Å². The fourth-order valence-electron chi connectivity index (χ4n) is 1.21. The molecule has 19 heavy (non-hydrogen) atoms. The largest absolute Gasteiger partial charge is 0.381 e. The summed E-state index contributed by atoms with van der Waals surface area (Å²) in [4.78, 5) is 35.0. The number of alkyl halides is 1. The van der Waals surface area contributed by atoms with Crippen molar-refractivity contribution in [2.24, 2.45) is 5.29 Å². The van der Waals surface area contributed by atoms with Crippen molar-refractivity contribution >= 4 is 23.4 Å². The molecule has 1 aromatic rings. The van der Waals surface area contributed by atoms with Crippen LogP contribution in [-0.4, -0.2) is 44.5 Å². The monoisotopic (exact) mass is 290 g/mol. The summed E-state index contributed by atoms with van der Waals surface area (Å²) < 4.78 is 1.44. The number of hydrogen-bond acceptors (Lipinski definition) is 6. The molecule has 1 aromatic heterocycles. The van der Waals surface area contributed by atoms with Crippen LogP contribution in [0, 0.1) is 15.0 Å². The molecule has 0 radical (unpaired) electrons. The molecular weight excluding hydrogens is 280 g/mol. The van der Waals surface area contributed by atoms with Gasteiger partial charge in [0.05, 0.1) is 11.8 Å². The van der Waals surface area contributed by atoms with E-state index in [1.807, 2.05) is 0 Å². The van der Waals surface area contributed by atoms with Crippen LogP contribution >= 0.6 is 11.6 Å². The molecule has 0 aliphatic carbocycles. The minimum Gasteiger partial charge on any atom is -0.358 e. The third-order valence-corrected chi connectivity index (χ3v) is 2.25. The van der Waals surface area contributed by atoms with E-state index in [0.29, 0.717) is 5.01 Å². The Labute approximate surface area is 112 Å². The summed E-state index contributed by atoms with van der Waals surface area (Å²) in [6.07, 6.45) is 2.51. The van der Waals surface area contributed by atoms with E-state index < -0.39 is 11.0 Å². The van der Waals surface area contributed by atoms with E-state index in [-0.39, 0.29) is 31.3 Å². The molecule has 0 saturated carbocycles. The smallest absolute Gasteiger partial charge is 0.358 e. The van der Waals surface area contributed by atoms with Crippen LogP contribution in [0.15, 0.2) is 17.8 Å². The fourth-order valence-corrected chi connectivity index (χ4v) is 1.37. The summed E-state index contributed by atoms with van der Waals surface area (Å²) in [5.74, 6) is -0.183. The average molecular weight is 291 g/mol. The van der Waals surface area contributed by atoms with Gasteiger partial charge in [-0.2, -0.15) is 5.01 Å². The first-order valence-corrected chi connectivity index (χ1v) is 5.72. The van der Waals surface area contributed by atoms with Crippen LogP contribution in [0.25, 0.3) is 0 Å². The lowest BCUT2D eigenvalue weighted by molar-refractivity contribution is -0.389. The number of urea groups is 1. The number of carbonyl (C=O) groups excluding carboxylic acids is 1. The lowest BCUT2D eigenvalue weighted by atomic mass is 10.6. The van der Waals surface area contributed by atoms with Crippen molar-refractivity contribution in [3.05, 3.63) is 27.5 Å². The summed E-state index contributed by atoms with van der Waals surface area (Å²) >= 11 is 5.38. The molecule has 11 heteroatoms. The second kappa shape index (κ2) is 7.26. The van der Waals surface area contributed by atoms with Gasteiger partial charge in [0.25, 0.3) is 0 Å². The van der Waals surface area contributed by atoms with E-state index in [2.05, 4.69) is 15.6 Å². The predicted molar refractivity (Wildman–Crippen MR) is 65.5 cm³/mol. The summed E-state index contributed by atoms with van der Waals surface area (Å²) in [5, 5.41) is 16.0. The topological polar surface area (TPSA) is 123 Å². The fraction of sp³-hybridized carbons (Fsp3) is 0.500. The van der Waals surface area contributed by atoms with E-state index >= 15 is 0 Å². The molecule has 0 fully saturated rings. The Bertz CT molecular complexity index is 464. The Morgan fingerprint density at radius 1 is 1.68 bits per heavy atom. The van der Waals surface area contributed by atoms with Gasteiger partial charge in [-0.05, 0) is 9.91 Å². The SMILES string of the molecule is O=NN(CCCl)C(=O)NCCn1cnc([N+](=O)[O-])c1. The summed E-state index contributed by atoms with van der Waals surface area (Å²) in [5.41, 5.74) is 0. The van der Waals surface area contributed by atoms with E-state index in [1.54, 1.807) is 0 Å². The highest BCUT2D eigenvalue weighted by molar-refractivity contribution is 6.18. The Kier molecular flexibility index (Phi) is 5.67. The summed E-state index contributed by atoms with van der Waals surface area (Å²) in [6, 6.07) is -0.676. The number of amides is 2. The maximum atomic E-state index is 11.4. The molecule has 104 valence electrons. The van der Waals surface area contributed by atoms with Crippen LogP contribution in [0.2, 0.25) is 0 Å². The zero-order valence-electron chi connectivity index (χ0n) is 9.73. The van der Waals surface area contributed by atoms with Crippen molar-refractivity contribution in [1.29, 1.82) is 0 Å². The van der Waals surface area contributed by atoms with Gasteiger partial charge < -0.3 is 20.0 Å². The van der Waals surface area contributed by atoms with Crippen LogP contribution in [0.4, 0.5) is 10.6 Å². The molecule has 0 aliphatic heterocycles. The normalized spacial score (nSPS) is 9.95.